The highest BCUT2D eigenvalue weighted by atomic mass is 16.3. The molecule has 116 valence electrons. The topological polar surface area (TPSA) is 60.4 Å². The fourth-order valence-corrected chi connectivity index (χ4v) is 2.60. The number of aromatic amines is 1. The molecular formula is C19H19N3O. The summed E-state index contributed by atoms with van der Waals surface area (Å²) in [5.74, 6) is 0.265. The van der Waals surface area contributed by atoms with E-state index < -0.39 is 0 Å². The maximum absolute atomic E-state index is 9.47. The maximum Gasteiger partial charge on any atom is 0.115 e. The summed E-state index contributed by atoms with van der Waals surface area (Å²) in [4.78, 5) is 7.52. The number of benzene rings is 1. The zero-order valence-corrected chi connectivity index (χ0v) is 13.0. The lowest BCUT2D eigenvalue weighted by Crippen LogP contribution is -2.11. The first-order chi connectivity index (χ1) is 11.2. The van der Waals surface area contributed by atoms with Crippen molar-refractivity contribution in [1.82, 2.24) is 10.3 Å². The number of hydrogen-bond acceptors (Lipinski definition) is 3. The Morgan fingerprint density at radius 2 is 2.09 bits per heavy atom. The predicted molar refractivity (Wildman–Crippen MR) is 95.4 cm³/mol. The molecule has 0 atom stereocenters. The fraction of sp³-hybridized carbons (Fsp3) is 0.105. The quantitative estimate of drug-likeness (QED) is 0.753. The summed E-state index contributed by atoms with van der Waals surface area (Å²) < 4.78 is 0. The molecule has 23 heavy (non-hydrogen) atoms. The molecule has 4 heteroatoms. The van der Waals surface area contributed by atoms with Gasteiger partial charge in [0.15, 0.2) is 0 Å². The summed E-state index contributed by atoms with van der Waals surface area (Å²) in [7, 11) is 0. The molecule has 1 aromatic heterocycles. The molecule has 0 fully saturated rings. The number of hydrogen-bond donors (Lipinski definition) is 3. The molecule has 1 aliphatic rings. The van der Waals surface area contributed by atoms with Crippen LogP contribution < -0.4 is 5.32 Å². The zero-order chi connectivity index (χ0) is 16.2. The molecule has 1 aliphatic heterocycles. The Hall–Kier alpha value is -3.01. The van der Waals surface area contributed by atoms with Gasteiger partial charge < -0.3 is 15.4 Å². The van der Waals surface area contributed by atoms with E-state index in [2.05, 4.69) is 27.9 Å². The Bertz CT molecular complexity index is 808. The molecule has 2 aromatic rings. The second-order valence-corrected chi connectivity index (χ2v) is 5.40. The van der Waals surface area contributed by atoms with Gasteiger partial charge in [-0.2, -0.15) is 0 Å². The molecule has 0 bridgehead atoms. The van der Waals surface area contributed by atoms with Crippen LogP contribution in [0.2, 0.25) is 0 Å². The van der Waals surface area contributed by atoms with E-state index in [-0.39, 0.29) is 5.75 Å². The smallest absolute Gasteiger partial charge is 0.115 e. The zero-order valence-electron chi connectivity index (χ0n) is 13.0. The van der Waals surface area contributed by atoms with E-state index in [0.29, 0.717) is 6.54 Å². The lowest BCUT2D eigenvalue weighted by Gasteiger charge is -2.11. The van der Waals surface area contributed by atoms with Gasteiger partial charge in [-0.3, -0.25) is 4.99 Å². The summed E-state index contributed by atoms with van der Waals surface area (Å²) in [5, 5.41) is 12.5. The molecule has 0 unspecified atom stereocenters. The van der Waals surface area contributed by atoms with Gasteiger partial charge in [-0.25, -0.2) is 0 Å². The van der Waals surface area contributed by atoms with Crippen molar-refractivity contribution in [2.45, 2.75) is 6.92 Å². The van der Waals surface area contributed by atoms with Crippen molar-refractivity contribution in [3.63, 3.8) is 0 Å². The lowest BCUT2D eigenvalue weighted by atomic mass is 9.98. The van der Waals surface area contributed by atoms with Crippen molar-refractivity contribution in [1.29, 1.82) is 0 Å². The van der Waals surface area contributed by atoms with Crippen LogP contribution in [-0.4, -0.2) is 23.0 Å². The number of allylic oxidation sites excluding steroid dienone is 1. The third kappa shape index (κ3) is 3.11. The highest BCUT2D eigenvalue weighted by molar-refractivity contribution is 5.80. The van der Waals surface area contributed by atoms with E-state index in [0.717, 1.165) is 33.5 Å². The van der Waals surface area contributed by atoms with Gasteiger partial charge in [0.1, 0.15) is 5.75 Å². The van der Waals surface area contributed by atoms with Crippen LogP contribution in [0.5, 0.6) is 5.75 Å². The molecule has 3 rings (SSSR count). The third-order valence-electron chi connectivity index (χ3n) is 3.88. The van der Waals surface area contributed by atoms with Crippen LogP contribution in [0.1, 0.15) is 11.3 Å². The number of nitrogens with zero attached hydrogens (tertiary/aromatic N) is 1. The molecule has 2 heterocycles. The number of nitrogens with one attached hydrogen (secondary N) is 2. The largest absolute Gasteiger partial charge is 0.508 e. The highest BCUT2D eigenvalue weighted by Gasteiger charge is 2.11. The Kier molecular flexibility index (Phi) is 4.15. The minimum Gasteiger partial charge on any atom is -0.508 e. The van der Waals surface area contributed by atoms with E-state index in [9.17, 15) is 5.11 Å². The van der Waals surface area contributed by atoms with Crippen LogP contribution in [0.4, 0.5) is 0 Å². The van der Waals surface area contributed by atoms with Crippen LogP contribution in [0.15, 0.2) is 65.5 Å². The van der Waals surface area contributed by atoms with Gasteiger partial charge in [-0.15, -0.1) is 0 Å². The molecule has 0 amide bonds. The number of aliphatic imine (C=N–C) groups is 1. The van der Waals surface area contributed by atoms with Gasteiger partial charge >= 0.3 is 0 Å². The number of phenols is 1. The van der Waals surface area contributed by atoms with Crippen molar-refractivity contribution in [3.05, 3.63) is 71.7 Å². The van der Waals surface area contributed by atoms with Crippen molar-refractivity contribution < 1.29 is 5.11 Å². The monoisotopic (exact) mass is 305 g/mol. The number of rotatable bonds is 4. The van der Waals surface area contributed by atoms with E-state index in [1.807, 2.05) is 37.5 Å². The van der Waals surface area contributed by atoms with Gasteiger partial charge in [0, 0.05) is 29.2 Å². The Labute approximate surface area is 135 Å². The first-order valence-electron chi connectivity index (χ1n) is 7.44. The number of aromatic hydroxyl groups is 1. The SMILES string of the molecule is C=C/C(=C\c1c(-c2ccc(O)cc2)c[nH]c1C)C1=CNC=NC1. The normalized spacial score (nSPS) is 14.3. The Morgan fingerprint density at radius 1 is 1.30 bits per heavy atom. The second-order valence-electron chi connectivity index (χ2n) is 5.40. The summed E-state index contributed by atoms with van der Waals surface area (Å²) >= 11 is 0. The Balaban J connectivity index is 2.04. The molecular weight excluding hydrogens is 286 g/mol. The van der Waals surface area contributed by atoms with Gasteiger partial charge in [-0.1, -0.05) is 24.8 Å². The first-order valence-corrected chi connectivity index (χ1v) is 7.44. The Morgan fingerprint density at radius 3 is 2.74 bits per heavy atom. The number of aromatic nitrogens is 1. The van der Waals surface area contributed by atoms with Crippen LogP contribution in [0.25, 0.3) is 17.2 Å². The molecule has 0 spiro atoms. The highest BCUT2D eigenvalue weighted by Crippen LogP contribution is 2.30. The van der Waals surface area contributed by atoms with Crippen LogP contribution in [0.3, 0.4) is 0 Å². The number of aryl methyl sites for hydroxylation is 1. The van der Waals surface area contributed by atoms with Gasteiger partial charge in [0.2, 0.25) is 0 Å². The molecule has 0 aliphatic carbocycles. The van der Waals surface area contributed by atoms with Crippen molar-refractivity contribution in [3.8, 4) is 16.9 Å². The van der Waals surface area contributed by atoms with Crippen molar-refractivity contribution in [2.24, 2.45) is 4.99 Å². The number of H-pyrrole nitrogens is 1. The minimum absolute atomic E-state index is 0.265. The summed E-state index contributed by atoms with van der Waals surface area (Å²) in [6.45, 7) is 6.61. The molecule has 0 saturated heterocycles. The van der Waals surface area contributed by atoms with Gasteiger partial charge in [0.05, 0.1) is 12.9 Å². The molecule has 0 saturated carbocycles. The summed E-state index contributed by atoms with van der Waals surface area (Å²) in [5.41, 5.74) is 6.48. The van der Waals surface area contributed by atoms with Gasteiger partial charge in [0.25, 0.3) is 0 Å². The van der Waals surface area contributed by atoms with Crippen LogP contribution >= 0.6 is 0 Å². The van der Waals surface area contributed by atoms with Gasteiger partial charge in [-0.05, 0) is 41.8 Å². The second kappa shape index (κ2) is 6.40. The molecule has 0 radical (unpaired) electrons. The summed E-state index contributed by atoms with van der Waals surface area (Å²) in [6, 6.07) is 7.22. The standard InChI is InChI=1S/C19H19N3O/c1-3-14(16-9-20-12-21-10-16)8-18-13(2)22-11-19(18)15-4-6-17(23)7-5-15/h3-9,11-12,22-23H,1,10H2,2H3,(H,20,21)/b14-8+. The van der Waals surface area contributed by atoms with Crippen molar-refractivity contribution in [2.75, 3.05) is 6.54 Å². The first kappa shape index (κ1) is 14.9. The maximum atomic E-state index is 9.47. The third-order valence-corrected chi connectivity index (χ3v) is 3.88. The van der Waals surface area contributed by atoms with Crippen LogP contribution in [0, 0.1) is 6.92 Å². The van der Waals surface area contributed by atoms with E-state index in [1.54, 1.807) is 18.5 Å². The average molecular weight is 305 g/mol. The number of phenolic OH excluding ortho intramolecular Hbond substituents is 1. The molecule has 1 aromatic carbocycles. The van der Waals surface area contributed by atoms with E-state index in [4.69, 9.17) is 0 Å². The van der Waals surface area contributed by atoms with Crippen LogP contribution in [-0.2, 0) is 0 Å². The fourth-order valence-electron chi connectivity index (χ4n) is 2.60. The lowest BCUT2D eigenvalue weighted by molar-refractivity contribution is 0.475. The molecule has 3 N–H and O–H groups in total. The molecule has 4 nitrogen and oxygen atoms in total. The predicted octanol–water partition coefficient (Wildman–Crippen LogP) is 3.78. The summed E-state index contributed by atoms with van der Waals surface area (Å²) in [6.07, 6.45) is 9.59. The average Bonchev–Trinajstić information content (AvgIpc) is 2.95. The van der Waals surface area contributed by atoms with Crippen molar-refractivity contribution >= 4 is 12.4 Å². The minimum atomic E-state index is 0.265. The van der Waals surface area contributed by atoms with E-state index >= 15 is 0 Å². The van der Waals surface area contributed by atoms with E-state index in [1.165, 1.54) is 0 Å².